The van der Waals surface area contributed by atoms with Gasteiger partial charge in [0.1, 0.15) is 11.2 Å². The van der Waals surface area contributed by atoms with E-state index in [4.69, 9.17) is 10.5 Å². The Morgan fingerprint density at radius 1 is 1.77 bits per heavy atom. The number of aromatic nitrogens is 2. The summed E-state index contributed by atoms with van der Waals surface area (Å²) >= 11 is 1.58. The Morgan fingerprint density at radius 3 is 3.23 bits per heavy atom. The van der Waals surface area contributed by atoms with Gasteiger partial charge in [-0.1, -0.05) is 0 Å². The van der Waals surface area contributed by atoms with Crippen molar-refractivity contribution >= 4 is 17.6 Å². The second-order valence-electron chi connectivity index (χ2n) is 2.65. The number of ether oxygens (including phenoxy) is 1. The van der Waals surface area contributed by atoms with Gasteiger partial charge in [-0.3, -0.25) is 4.57 Å². The van der Waals surface area contributed by atoms with E-state index in [0.717, 1.165) is 0 Å². The first-order valence-electron chi connectivity index (χ1n) is 3.81. The van der Waals surface area contributed by atoms with Gasteiger partial charge in [-0.2, -0.15) is 4.98 Å². The van der Waals surface area contributed by atoms with Crippen LogP contribution in [-0.2, 0) is 4.74 Å². The lowest BCUT2D eigenvalue weighted by atomic mass is 10.5. The molecule has 2 heterocycles. The Hall–Kier alpha value is -1.01. The Bertz CT molecular complexity index is 359. The third kappa shape index (κ3) is 1.68. The SMILES string of the molecule is Nc1ccn(C2COCS2)c(=O)n1. The van der Waals surface area contributed by atoms with Crippen LogP contribution in [0.5, 0.6) is 0 Å². The van der Waals surface area contributed by atoms with Crippen molar-refractivity contribution in [3.63, 3.8) is 0 Å². The summed E-state index contributed by atoms with van der Waals surface area (Å²) < 4.78 is 6.68. The summed E-state index contributed by atoms with van der Waals surface area (Å²) in [4.78, 5) is 15.0. The van der Waals surface area contributed by atoms with Crippen molar-refractivity contribution in [1.82, 2.24) is 9.55 Å². The van der Waals surface area contributed by atoms with Crippen molar-refractivity contribution in [3.05, 3.63) is 22.7 Å². The highest BCUT2D eigenvalue weighted by atomic mass is 32.2. The number of rotatable bonds is 1. The van der Waals surface area contributed by atoms with Gasteiger partial charge in [-0.05, 0) is 6.07 Å². The molecular weight excluding hydrogens is 190 g/mol. The number of thioether (sulfide) groups is 1. The molecule has 0 bridgehead atoms. The molecule has 2 rings (SSSR count). The van der Waals surface area contributed by atoms with E-state index in [9.17, 15) is 4.79 Å². The topological polar surface area (TPSA) is 70.1 Å². The van der Waals surface area contributed by atoms with Crippen molar-refractivity contribution in [3.8, 4) is 0 Å². The van der Waals surface area contributed by atoms with E-state index in [1.54, 1.807) is 24.0 Å². The normalized spacial score (nSPS) is 22.0. The molecule has 0 saturated carbocycles. The van der Waals surface area contributed by atoms with Crippen LogP contribution in [0.15, 0.2) is 17.1 Å². The van der Waals surface area contributed by atoms with Crippen LogP contribution < -0.4 is 11.4 Å². The standard InChI is InChI=1S/C7H9N3O2S/c8-5-1-2-10(7(11)9-5)6-3-12-4-13-6/h1-2,6H,3-4H2,(H2,8,9,11). The summed E-state index contributed by atoms with van der Waals surface area (Å²) in [5, 5.41) is 0.0422. The van der Waals surface area contributed by atoms with E-state index in [1.807, 2.05) is 0 Å². The van der Waals surface area contributed by atoms with Gasteiger partial charge in [0.05, 0.1) is 12.5 Å². The molecule has 1 atom stereocenters. The average Bonchev–Trinajstić information content (AvgIpc) is 2.56. The van der Waals surface area contributed by atoms with E-state index in [1.165, 1.54) is 4.57 Å². The number of nitrogens with zero attached hydrogens (tertiary/aromatic N) is 2. The molecular formula is C7H9N3O2S. The highest BCUT2D eigenvalue weighted by molar-refractivity contribution is 7.99. The van der Waals surface area contributed by atoms with E-state index in [2.05, 4.69) is 4.98 Å². The fourth-order valence-corrected chi connectivity index (χ4v) is 1.99. The first-order chi connectivity index (χ1) is 6.27. The van der Waals surface area contributed by atoms with Gasteiger partial charge >= 0.3 is 5.69 Å². The van der Waals surface area contributed by atoms with Gasteiger partial charge in [0.25, 0.3) is 0 Å². The fourth-order valence-electron chi connectivity index (χ4n) is 1.13. The molecule has 1 unspecified atom stereocenters. The van der Waals surface area contributed by atoms with Crippen LogP contribution in [-0.4, -0.2) is 22.1 Å². The maximum atomic E-state index is 11.3. The van der Waals surface area contributed by atoms with Crippen molar-refractivity contribution in [2.45, 2.75) is 5.37 Å². The summed E-state index contributed by atoms with van der Waals surface area (Å²) in [6, 6.07) is 1.61. The molecule has 0 radical (unpaired) electrons. The third-order valence-corrected chi connectivity index (χ3v) is 2.82. The second kappa shape index (κ2) is 3.39. The minimum atomic E-state index is -0.317. The first-order valence-corrected chi connectivity index (χ1v) is 4.86. The van der Waals surface area contributed by atoms with Crippen molar-refractivity contribution in [2.75, 3.05) is 18.3 Å². The largest absolute Gasteiger partial charge is 0.383 e. The predicted octanol–water partition coefficient (Wildman–Crippen LogP) is 0.0450. The Labute approximate surface area is 78.9 Å². The summed E-state index contributed by atoms with van der Waals surface area (Å²) in [7, 11) is 0. The second-order valence-corrected chi connectivity index (χ2v) is 3.77. The van der Waals surface area contributed by atoms with Crippen LogP contribution in [0.25, 0.3) is 0 Å². The molecule has 0 spiro atoms. The lowest BCUT2D eigenvalue weighted by molar-refractivity contribution is 0.190. The molecule has 70 valence electrons. The van der Waals surface area contributed by atoms with Gasteiger partial charge in [0.15, 0.2) is 0 Å². The fraction of sp³-hybridized carbons (Fsp3) is 0.429. The number of nitrogens with two attached hydrogens (primary N) is 1. The van der Waals surface area contributed by atoms with Gasteiger partial charge < -0.3 is 10.5 Å². The van der Waals surface area contributed by atoms with Crippen LogP contribution in [0, 0.1) is 0 Å². The van der Waals surface area contributed by atoms with Gasteiger partial charge in [0, 0.05) is 6.20 Å². The summed E-state index contributed by atoms with van der Waals surface area (Å²) in [5.74, 6) is 0.881. The minimum Gasteiger partial charge on any atom is -0.383 e. The zero-order valence-electron chi connectivity index (χ0n) is 6.84. The molecule has 1 fully saturated rings. The van der Waals surface area contributed by atoms with Crippen LogP contribution in [0.3, 0.4) is 0 Å². The first kappa shape index (κ1) is 8.58. The molecule has 1 aliphatic heterocycles. The zero-order valence-corrected chi connectivity index (χ0v) is 7.66. The Morgan fingerprint density at radius 2 is 2.62 bits per heavy atom. The molecule has 2 N–H and O–H groups in total. The monoisotopic (exact) mass is 199 g/mol. The summed E-state index contributed by atoms with van der Waals surface area (Å²) in [6.45, 7) is 0.552. The van der Waals surface area contributed by atoms with Crippen LogP contribution in [0.1, 0.15) is 5.37 Å². The number of nitrogen functional groups attached to an aromatic ring is 1. The lowest BCUT2D eigenvalue weighted by Gasteiger charge is -2.09. The molecule has 6 heteroatoms. The Balaban J connectivity index is 2.34. The number of hydrogen-bond donors (Lipinski definition) is 1. The molecule has 0 amide bonds. The molecule has 13 heavy (non-hydrogen) atoms. The number of hydrogen-bond acceptors (Lipinski definition) is 5. The van der Waals surface area contributed by atoms with Crippen molar-refractivity contribution in [1.29, 1.82) is 0 Å². The average molecular weight is 199 g/mol. The van der Waals surface area contributed by atoms with E-state index in [-0.39, 0.29) is 16.9 Å². The third-order valence-electron chi connectivity index (χ3n) is 1.77. The highest BCUT2D eigenvalue weighted by Crippen LogP contribution is 2.27. The number of anilines is 1. The summed E-state index contributed by atoms with van der Waals surface area (Å²) in [6.07, 6.45) is 1.65. The van der Waals surface area contributed by atoms with Gasteiger partial charge in [-0.15, -0.1) is 11.8 Å². The maximum absolute atomic E-state index is 11.3. The summed E-state index contributed by atoms with van der Waals surface area (Å²) in [5.41, 5.74) is 5.05. The lowest BCUT2D eigenvalue weighted by Crippen LogP contribution is -2.26. The molecule has 1 aromatic rings. The van der Waals surface area contributed by atoms with Crippen molar-refractivity contribution < 1.29 is 4.74 Å². The molecule has 0 aliphatic carbocycles. The van der Waals surface area contributed by atoms with Crippen molar-refractivity contribution in [2.24, 2.45) is 0 Å². The Kier molecular flexibility index (Phi) is 2.24. The highest BCUT2D eigenvalue weighted by Gasteiger charge is 2.19. The maximum Gasteiger partial charge on any atom is 0.350 e. The van der Waals surface area contributed by atoms with E-state index in [0.29, 0.717) is 12.5 Å². The molecule has 0 aromatic carbocycles. The molecule has 1 aliphatic rings. The quantitative estimate of drug-likeness (QED) is 0.691. The van der Waals surface area contributed by atoms with Crippen LogP contribution in [0.2, 0.25) is 0 Å². The van der Waals surface area contributed by atoms with E-state index < -0.39 is 0 Å². The molecule has 5 nitrogen and oxygen atoms in total. The van der Waals surface area contributed by atoms with Crippen LogP contribution in [0.4, 0.5) is 5.82 Å². The van der Waals surface area contributed by atoms with Gasteiger partial charge in [-0.25, -0.2) is 4.79 Å². The van der Waals surface area contributed by atoms with Gasteiger partial charge in [0.2, 0.25) is 0 Å². The molecule has 1 saturated heterocycles. The smallest absolute Gasteiger partial charge is 0.350 e. The molecule has 1 aromatic heterocycles. The predicted molar refractivity (Wildman–Crippen MR) is 50.4 cm³/mol. The van der Waals surface area contributed by atoms with E-state index >= 15 is 0 Å². The zero-order chi connectivity index (χ0) is 9.26. The van der Waals surface area contributed by atoms with Crippen LogP contribution >= 0.6 is 11.8 Å². The minimum absolute atomic E-state index is 0.0422.